The van der Waals surface area contributed by atoms with E-state index in [9.17, 15) is 14.4 Å². The molecule has 6 heteroatoms. The van der Waals surface area contributed by atoms with Crippen molar-refractivity contribution in [3.05, 3.63) is 0 Å². The van der Waals surface area contributed by atoms with E-state index in [1.165, 1.54) is 6.92 Å². The summed E-state index contributed by atoms with van der Waals surface area (Å²) in [4.78, 5) is 34.7. The molecule has 0 aliphatic rings. The lowest BCUT2D eigenvalue weighted by Crippen LogP contribution is -2.42. The number of ether oxygens (including phenoxy) is 2. The third kappa shape index (κ3) is 9.05. The van der Waals surface area contributed by atoms with Crippen molar-refractivity contribution in [1.82, 2.24) is 5.32 Å². The molecule has 0 unspecified atom stereocenters. The molecule has 0 aromatic heterocycles. The van der Waals surface area contributed by atoms with Gasteiger partial charge < -0.3 is 14.8 Å². The predicted molar refractivity (Wildman–Crippen MR) is 78.5 cm³/mol. The van der Waals surface area contributed by atoms with Crippen LogP contribution in [0.1, 0.15) is 60.3 Å². The van der Waals surface area contributed by atoms with E-state index in [-0.39, 0.29) is 36.9 Å². The lowest BCUT2D eigenvalue weighted by Gasteiger charge is -2.19. The van der Waals surface area contributed by atoms with Crippen molar-refractivity contribution < 1.29 is 23.9 Å². The first-order chi connectivity index (χ1) is 9.79. The highest BCUT2D eigenvalue weighted by Gasteiger charge is 2.24. The van der Waals surface area contributed by atoms with Crippen LogP contribution in [0.25, 0.3) is 0 Å². The topological polar surface area (TPSA) is 81.7 Å². The third-order valence-corrected chi connectivity index (χ3v) is 3.10. The lowest BCUT2D eigenvalue weighted by atomic mass is 10.1. The van der Waals surface area contributed by atoms with Crippen LogP contribution in [-0.2, 0) is 23.9 Å². The highest BCUT2D eigenvalue weighted by Crippen LogP contribution is 2.07. The van der Waals surface area contributed by atoms with Gasteiger partial charge in [0.25, 0.3) is 0 Å². The quantitative estimate of drug-likeness (QED) is 0.658. The van der Waals surface area contributed by atoms with Gasteiger partial charge in [-0.1, -0.05) is 13.8 Å². The van der Waals surface area contributed by atoms with Crippen molar-refractivity contribution in [2.45, 2.75) is 78.6 Å². The van der Waals surface area contributed by atoms with E-state index in [0.717, 1.165) is 6.42 Å². The Morgan fingerprint density at radius 3 is 2.00 bits per heavy atom. The molecule has 0 aliphatic carbocycles. The number of hydrogen-bond acceptors (Lipinski definition) is 5. The number of esters is 2. The summed E-state index contributed by atoms with van der Waals surface area (Å²) in [6.07, 6.45) is 1.28. The van der Waals surface area contributed by atoms with E-state index < -0.39 is 12.0 Å². The monoisotopic (exact) mass is 301 g/mol. The Labute approximate surface area is 126 Å². The standard InChI is InChI=1S/C15H27NO5/c1-6-10(3)20-14(18)9-8-13(16-12(5)17)15(19)21-11(4)7-2/h10-11,13H,6-9H2,1-5H3,(H,16,17)/t10-,11-,13-/m1/s1. The Balaban J connectivity index is 4.45. The minimum absolute atomic E-state index is 0.0604. The minimum Gasteiger partial charge on any atom is -0.463 e. The molecule has 0 fully saturated rings. The Kier molecular flexibility index (Phi) is 9.41. The maximum Gasteiger partial charge on any atom is 0.328 e. The molecule has 0 saturated carbocycles. The molecule has 3 atom stereocenters. The summed E-state index contributed by atoms with van der Waals surface area (Å²) < 4.78 is 10.3. The zero-order valence-electron chi connectivity index (χ0n) is 13.6. The van der Waals surface area contributed by atoms with Crippen molar-refractivity contribution in [3.8, 4) is 0 Å². The van der Waals surface area contributed by atoms with Crippen LogP contribution in [0.5, 0.6) is 0 Å². The first-order valence-electron chi connectivity index (χ1n) is 7.47. The highest BCUT2D eigenvalue weighted by atomic mass is 16.5. The van der Waals surface area contributed by atoms with Crippen molar-refractivity contribution in [3.63, 3.8) is 0 Å². The van der Waals surface area contributed by atoms with Gasteiger partial charge in [-0.15, -0.1) is 0 Å². The summed E-state index contributed by atoms with van der Waals surface area (Å²) >= 11 is 0. The average Bonchev–Trinajstić information content (AvgIpc) is 2.42. The Hall–Kier alpha value is -1.59. The van der Waals surface area contributed by atoms with Crippen LogP contribution in [0.2, 0.25) is 0 Å². The molecule has 0 spiro atoms. The zero-order valence-corrected chi connectivity index (χ0v) is 13.6. The summed E-state index contributed by atoms with van der Waals surface area (Å²) in [5, 5.41) is 2.51. The first-order valence-corrected chi connectivity index (χ1v) is 7.47. The van der Waals surface area contributed by atoms with Crippen LogP contribution in [0, 0.1) is 0 Å². The Morgan fingerprint density at radius 2 is 1.52 bits per heavy atom. The summed E-state index contributed by atoms with van der Waals surface area (Å²) in [6.45, 7) is 8.72. The Bertz CT molecular complexity index is 356. The van der Waals surface area contributed by atoms with Crippen LogP contribution in [-0.4, -0.2) is 36.1 Å². The number of nitrogens with one attached hydrogen (secondary N) is 1. The SMILES string of the molecule is CC[C@@H](C)OC(=O)CC[C@@H](NC(C)=O)C(=O)O[C@H](C)CC. The minimum atomic E-state index is -0.819. The van der Waals surface area contributed by atoms with Gasteiger partial charge in [0.15, 0.2) is 0 Å². The van der Waals surface area contributed by atoms with Crippen molar-refractivity contribution in [1.29, 1.82) is 0 Å². The molecule has 1 amide bonds. The molecular weight excluding hydrogens is 274 g/mol. The van der Waals surface area contributed by atoms with Gasteiger partial charge in [-0.2, -0.15) is 0 Å². The summed E-state index contributed by atoms with van der Waals surface area (Å²) in [5.74, 6) is -1.23. The zero-order chi connectivity index (χ0) is 16.4. The molecular formula is C15H27NO5. The van der Waals surface area contributed by atoms with Gasteiger partial charge in [0.05, 0.1) is 12.2 Å². The molecule has 0 aliphatic heterocycles. The van der Waals surface area contributed by atoms with Crippen LogP contribution < -0.4 is 5.32 Å². The first kappa shape index (κ1) is 19.4. The lowest BCUT2D eigenvalue weighted by molar-refractivity contribution is -0.153. The maximum absolute atomic E-state index is 11.9. The van der Waals surface area contributed by atoms with Gasteiger partial charge in [-0.3, -0.25) is 9.59 Å². The molecule has 0 aromatic rings. The fourth-order valence-corrected chi connectivity index (χ4v) is 1.49. The largest absolute Gasteiger partial charge is 0.463 e. The normalized spacial score (nSPS) is 14.7. The second-order valence-corrected chi connectivity index (χ2v) is 5.16. The van der Waals surface area contributed by atoms with Crippen LogP contribution in [0.3, 0.4) is 0 Å². The second kappa shape index (κ2) is 10.2. The molecule has 21 heavy (non-hydrogen) atoms. The molecule has 0 radical (unpaired) electrons. The van der Waals surface area contributed by atoms with Crippen LogP contribution >= 0.6 is 0 Å². The van der Waals surface area contributed by atoms with Gasteiger partial charge in [0.2, 0.25) is 5.91 Å². The van der Waals surface area contributed by atoms with E-state index in [0.29, 0.717) is 6.42 Å². The molecule has 1 N–H and O–H groups in total. The number of carbonyl (C=O) groups excluding carboxylic acids is 3. The number of carbonyl (C=O) groups is 3. The molecule has 0 rings (SSSR count). The van der Waals surface area contributed by atoms with E-state index in [1.807, 2.05) is 13.8 Å². The smallest absolute Gasteiger partial charge is 0.328 e. The van der Waals surface area contributed by atoms with E-state index in [2.05, 4.69) is 5.32 Å². The van der Waals surface area contributed by atoms with Gasteiger partial charge in [-0.25, -0.2) is 4.79 Å². The van der Waals surface area contributed by atoms with E-state index in [4.69, 9.17) is 9.47 Å². The second-order valence-electron chi connectivity index (χ2n) is 5.16. The fourth-order valence-electron chi connectivity index (χ4n) is 1.49. The predicted octanol–water partition coefficient (Wildman–Crippen LogP) is 1.95. The number of amides is 1. The van der Waals surface area contributed by atoms with Gasteiger partial charge >= 0.3 is 11.9 Å². The average molecular weight is 301 g/mol. The number of rotatable bonds is 9. The number of hydrogen-bond donors (Lipinski definition) is 1. The van der Waals surface area contributed by atoms with Gasteiger partial charge in [0, 0.05) is 13.3 Å². The fraction of sp³-hybridized carbons (Fsp3) is 0.800. The maximum atomic E-state index is 11.9. The molecule has 6 nitrogen and oxygen atoms in total. The third-order valence-electron chi connectivity index (χ3n) is 3.10. The van der Waals surface area contributed by atoms with Gasteiger partial charge in [-0.05, 0) is 33.1 Å². The van der Waals surface area contributed by atoms with Crippen LogP contribution in [0.15, 0.2) is 0 Å². The summed E-state index contributed by atoms with van der Waals surface area (Å²) in [7, 11) is 0. The van der Waals surface area contributed by atoms with Crippen LogP contribution in [0.4, 0.5) is 0 Å². The van der Waals surface area contributed by atoms with E-state index in [1.54, 1.807) is 13.8 Å². The van der Waals surface area contributed by atoms with Crippen molar-refractivity contribution in [2.24, 2.45) is 0 Å². The molecule has 0 bridgehead atoms. The Morgan fingerprint density at radius 1 is 1.00 bits per heavy atom. The van der Waals surface area contributed by atoms with Gasteiger partial charge in [0.1, 0.15) is 6.04 Å². The van der Waals surface area contributed by atoms with E-state index >= 15 is 0 Å². The highest BCUT2D eigenvalue weighted by molar-refractivity contribution is 5.83. The van der Waals surface area contributed by atoms with Crippen molar-refractivity contribution in [2.75, 3.05) is 0 Å². The van der Waals surface area contributed by atoms with Crippen molar-refractivity contribution >= 4 is 17.8 Å². The molecule has 0 aromatic carbocycles. The molecule has 0 saturated heterocycles. The molecule has 0 heterocycles. The summed E-state index contributed by atoms with van der Waals surface area (Å²) in [6, 6.07) is -0.819. The molecule has 122 valence electrons. The summed E-state index contributed by atoms with van der Waals surface area (Å²) in [5.41, 5.74) is 0.